The van der Waals surface area contributed by atoms with Gasteiger partial charge in [-0.2, -0.15) is 5.10 Å². The van der Waals surface area contributed by atoms with Crippen LogP contribution in [-0.4, -0.2) is 34.8 Å². The molecule has 7 nitrogen and oxygen atoms in total. The Morgan fingerprint density at radius 2 is 1.90 bits per heavy atom. The molecule has 0 aliphatic carbocycles. The van der Waals surface area contributed by atoms with Crippen molar-refractivity contribution in [3.8, 4) is 10.6 Å². The number of halogens is 1. The fourth-order valence-electron chi connectivity index (χ4n) is 2.99. The zero-order chi connectivity index (χ0) is 21.5. The summed E-state index contributed by atoms with van der Waals surface area (Å²) in [6, 6.07) is 5.32. The van der Waals surface area contributed by atoms with E-state index in [1.165, 1.54) is 16.0 Å². The van der Waals surface area contributed by atoms with Crippen LogP contribution in [0.4, 0.5) is 11.4 Å². The minimum atomic E-state index is -0.295. The molecule has 0 aliphatic heterocycles. The highest BCUT2D eigenvalue weighted by molar-refractivity contribution is 7.17. The SMILES string of the molecule is Cc1nc(-c2c(C)c(C)nn(C)c2=O)sc1C(=O)Nc1cc(Cl)ccc1N(C)C. The number of thiazole rings is 1. The van der Waals surface area contributed by atoms with Crippen molar-refractivity contribution in [1.29, 1.82) is 0 Å². The standard InChI is InChI=1S/C20H22ClN5O2S/c1-10-11(2)24-26(6)20(28)16(10)19-22-12(3)17(29-19)18(27)23-14-9-13(21)7-8-15(14)25(4)5/h7-9H,1-6H3,(H,23,27). The molecule has 2 aromatic heterocycles. The summed E-state index contributed by atoms with van der Waals surface area (Å²) in [5.74, 6) is -0.295. The van der Waals surface area contributed by atoms with E-state index in [-0.39, 0.29) is 11.5 Å². The Morgan fingerprint density at radius 3 is 2.55 bits per heavy atom. The molecule has 9 heteroatoms. The number of aromatic nitrogens is 3. The number of hydrogen-bond acceptors (Lipinski definition) is 6. The molecule has 0 bridgehead atoms. The number of hydrogen-bond donors (Lipinski definition) is 1. The first-order chi connectivity index (χ1) is 13.6. The van der Waals surface area contributed by atoms with Crippen molar-refractivity contribution in [3.63, 3.8) is 0 Å². The number of carbonyl (C=O) groups excluding carboxylic acids is 1. The second kappa shape index (κ2) is 7.96. The quantitative estimate of drug-likeness (QED) is 0.679. The van der Waals surface area contributed by atoms with Gasteiger partial charge in [-0.1, -0.05) is 11.6 Å². The highest BCUT2D eigenvalue weighted by atomic mass is 35.5. The molecule has 0 unspecified atom stereocenters. The van der Waals surface area contributed by atoms with Crippen LogP contribution in [0.15, 0.2) is 23.0 Å². The lowest BCUT2D eigenvalue weighted by atomic mass is 10.1. The third kappa shape index (κ3) is 4.04. The number of aryl methyl sites for hydroxylation is 3. The summed E-state index contributed by atoms with van der Waals surface area (Å²) in [5.41, 5.74) is 3.75. The molecule has 0 aliphatic rings. The summed E-state index contributed by atoms with van der Waals surface area (Å²) >= 11 is 7.30. The van der Waals surface area contributed by atoms with Gasteiger partial charge in [-0.15, -0.1) is 11.3 Å². The van der Waals surface area contributed by atoms with Gasteiger partial charge in [-0.3, -0.25) is 9.59 Å². The molecule has 0 fully saturated rings. The Bertz CT molecular complexity index is 1170. The summed E-state index contributed by atoms with van der Waals surface area (Å²) < 4.78 is 1.30. The highest BCUT2D eigenvalue weighted by Crippen LogP contribution is 2.31. The summed E-state index contributed by atoms with van der Waals surface area (Å²) in [4.78, 5) is 32.4. The zero-order valence-corrected chi connectivity index (χ0v) is 18.7. The van der Waals surface area contributed by atoms with E-state index in [0.717, 1.165) is 16.9 Å². The van der Waals surface area contributed by atoms with Crippen molar-refractivity contribution < 1.29 is 4.79 Å². The van der Waals surface area contributed by atoms with Crippen LogP contribution in [0, 0.1) is 20.8 Å². The molecule has 152 valence electrons. The topological polar surface area (TPSA) is 80.1 Å². The van der Waals surface area contributed by atoms with E-state index in [2.05, 4.69) is 15.4 Å². The second-order valence-corrected chi connectivity index (χ2v) is 8.39. The Labute approximate surface area is 178 Å². The molecule has 0 spiro atoms. The minimum absolute atomic E-state index is 0.237. The fraction of sp³-hybridized carbons (Fsp3) is 0.300. The Balaban J connectivity index is 2.02. The van der Waals surface area contributed by atoms with Crippen LogP contribution in [0.5, 0.6) is 0 Å². The molecule has 29 heavy (non-hydrogen) atoms. The third-order valence-corrected chi connectivity index (χ3v) is 6.04. The molecular weight excluding hydrogens is 410 g/mol. The van der Waals surface area contributed by atoms with E-state index in [4.69, 9.17) is 11.6 Å². The van der Waals surface area contributed by atoms with E-state index >= 15 is 0 Å². The van der Waals surface area contributed by atoms with Crippen molar-refractivity contribution in [2.45, 2.75) is 20.8 Å². The molecular formula is C20H22ClN5O2S. The average molecular weight is 432 g/mol. The van der Waals surface area contributed by atoms with Gasteiger partial charge in [0.15, 0.2) is 0 Å². The maximum atomic E-state index is 13.0. The van der Waals surface area contributed by atoms with Crippen molar-refractivity contribution in [2.24, 2.45) is 7.05 Å². The normalized spacial score (nSPS) is 10.9. The van der Waals surface area contributed by atoms with Gasteiger partial charge >= 0.3 is 0 Å². The van der Waals surface area contributed by atoms with Gasteiger partial charge in [0.05, 0.1) is 28.3 Å². The molecule has 0 saturated heterocycles. The first kappa shape index (κ1) is 21.0. The number of nitrogens with zero attached hydrogens (tertiary/aromatic N) is 4. The first-order valence-electron chi connectivity index (χ1n) is 8.90. The third-order valence-electron chi connectivity index (χ3n) is 4.63. The van der Waals surface area contributed by atoms with E-state index in [1.54, 1.807) is 26.1 Å². The van der Waals surface area contributed by atoms with Gasteiger partial charge in [-0.25, -0.2) is 9.67 Å². The van der Waals surface area contributed by atoms with E-state index < -0.39 is 0 Å². The van der Waals surface area contributed by atoms with Gasteiger partial charge in [-0.05, 0) is 44.5 Å². The lowest BCUT2D eigenvalue weighted by molar-refractivity contribution is 0.103. The Hall–Kier alpha value is -2.71. The zero-order valence-electron chi connectivity index (χ0n) is 17.1. The fourth-order valence-corrected chi connectivity index (χ4v) is 4.22. The summed E-state index contributed by atoms with van der Waals surface area (Å²) in [6.07, 6.45) is 0. The number of benzene rings is 1. The largest absolute Gasteiger partial charge is 0.376 e. The van der Waals surface area contributed by atoms with E-state index in [0.29, 0.717) is 31.9 Å². The van der Waals surface area contributed by atoms with Crippen LogP contribution in [-0.2, 0) is 7.05 Å². The van der Waals surface area contributed by atoms with Crippen LogP contribution in [0.25, 0.3) is 10.6 Å². The van der Waals surface area contributed by atoms with Crippen LogP contribution in [0.1, 0.15) is 26.6 Å². The molecule has 1 amide bonds. The second-order valence-electron chi connectivity index (χ2n) is 6.96. The highest BCUT2D eigenvalue weighted by Gasteiger charge is 2.22. The monoisotopic (exact) mass is 431 g/mol. The first-order valence-corrected chi connectivity index (χ1v) is 10.1. The molecule has 1 aromatic carbocycles. The smallest absolute Gasteiger partial charge is 0.277 e. The van der Waals surface area contributed by atoms with Gasteiger partial charge in [0.1, 0.15) is 9.88 Å². The lowest BCUT2D eigenvalue weighted by Gasteiger charge is -2.18. The molecule has 0 atom stereocenters. The molecule has 1 N–H and O–H groups in total. The number of rotatable bonds is 4. The van der Waals surface area contributed by atoms with E-state index in [9.17, 15) is 9.59 Å². The summed E-state index contributed by atoms with van der Waals surface area (Å²) in [7, 11) is 5.38. The molecule has 3 rings (SSSR count). The number of nitrogens with one attached hydrogen (secondary N) is 1. The number of carbonyl (C=O) groups is 1. The maximum Gasteiger partial charge on any atom is 0.277 e. The van der Waals surface area contributed by atoms with Crippen molar-refractivity contribution in [2.75, 3.05) is 24.3 Å². The predicted molar refractivity (Wildman–Crippen MR) is 119 cm³/mol. The average Bonchev–Trinajstić information content (AvgIpc) is 3.01. The van der Waals surface area contributed by atoms with Crippen LogP contribution < -0.4 is 15.8 Å². The van der Waals surface area contributed by atoms with Gasteiger partial charge in [0.2, 0.25) is 0 Å². The predicted octanol–water partition coefficient (Wildman–Crippen LogP) is 3.80. The van der Waals surface area contributed by atoms with Gasteiger partial charge < -0.3 is 10.2 Å². The van der Waals surface area contributed by atoms with Crippen LogP contribution >= 0.6 is 22.9 Å². The van der Waals surface area contributed by atoms with Crippen LogP contribution in [0.2, 0.25) is 5.02 Å². The minimum Gasteiger partial charge on any atom is -0.376 e. The summed E-state index contributed by atoms with van der Waals surface area (Å²) in [6.45, 7) is 5.44. The maximum absolute atomic E-state index is 13.0. The molecule has 0 saturated carbocycles. The van der Waals surface area contributed by atoms with Crippen molar-refractivity contribution in [3.05, 3.63) is 55.4 Å². The number of anilines is 2. The van der Waals surface area contributed by atoms with Crippen molar-refractivity contribution >= 4 is 40.2 Å². The van der Waals surface area contributed by atoms with E-state index in [1.807, 2.05) is 38.9 Å². The van der Waals surface area contributed by atoms with Crippen molar-refractivity contribution in [1.82, 2.24) is 14.8 Å². The summed E-state index contributed by atoms with van der Waals surface area (Å²) in [5, 5.41) is 8.15. The Morgan fingerprint density at radius 1 is 1.21 bits per heavy atom. The van der Waals surface area contributed by atoms with Gasteiger partial charge in [0.25, 0.3) is 11.5 Å². The Kier molecular flexibility index (Phi) is 5.77. The molecule has 0 radical (unpaired) electrons. The molecule has 2 heterocycles. The van der Waals surface area contributed by atoms with Crippen LogP contribution in [0.3, 0.4) is 0 Å². The lowest BCUT2D eigenvalue weighted by Crippen LogP contribution is -2.23. The molecule has 3 aromatic rings. The number of amides is 1. The van der Waals surface area contributed by atoms with Gasteiger partial charge in [0, 0.05) is 26.2 Å².